The van der Waals surface area contributed by atoms with Crippen molar-refractivity contribution in [1.29, 1.82) is 0 Å². The fraction of sp³-hybridized carbons (Fsp3) is 0.238. The molecule has 0 saturated carbocycles. The van der Waals surface area contributed by atoms with Crippen molar-refractivity contribution in [3.8, 4) is 11.6 Å². The van der Waals surface area contributed by atoms with Gasteiger partial charge in [-0.2, -0.15) is 4.98 Å². The van der Waals surface area contributed by atoms with Crippen molar-refractivity contribution in [2.24, 2.45) is 0 Å². The molecule has 0 aliphatic heterocycles. The molecule has 2 aromatic carbocycles. The molecule has 1 heterocycles. The van der Waals surface area contributed by atoms with Gasteiger partial charge in [-0.05, 0) is 48.2 Å². The molecular weight excluding hydrogens is 366 g/mol. The normalized spacial score (nSPS) is 11.0. The van der Waals surface area contributed by atoms with Crippen LogP contribution in [0, 0.1) is 18.6 Å². The van der Waals surface area contributed by atoms with E-state index in [1.54, 1.807) is 12.1 Å². The lowest BCUT2D eigenvalue weighted by atomic mass is 10.0. The van der Waals surface area contributed by atoms with Crippen molar-refractivity contribution in [3.05, 3.63) is 77.0 Å². The average molecular weight is 386 g/mol. The van der Waals surface area contributed by atoms with Gasteiger partial charge in [-0.3, -0.25) is 0 Å². The Morgan fingerprint density at radius 2 is 1.81 bits per heavy atom. The quantitative estimate of drug-likeness (QED) is 0.369. The van der Waals surface area contributed by atoms with Crippen molar-refractivity contribution in [2.45, 2.75) is 37.6 Å². The number of ether oxygens (including phenoxy) is 1. The molecule has 140 valence electrons. The third-order valence-corrected chi connectivity index (χ3v) is 4.83. The summed E-state index contributed by atoms with van der Waals surface area (Å²) < 4.78 is 32.3. The van der Waals surface area contributed by atoms with Crippen LogP contribution in [0.25, 0.3) is 0 Å². The minimum Gasteiger partial charge on any atom is -0.439 e. The lowest BCUT2D eigenvalue weighted by Gasteiger charge is -2.10. The van der Waals surface area contributed by atoms with Gasteiger partial charge in [-0.1, -0.05) is 43.8 Å². The summed E-state index contributed by atoms with van der Waals surface area (Å²) in [4.78, 5) is 8.80. The van der Waals surface area contributed by atoms with Crippen LogP contribution in [0.15, 0.2) is 53.7 Å². The molecule has 3 rings (SSSR count). The largest absolute Gasteiger partial charge is 0.439 e. The number of benzene rings is 2. The zero-order chi connectivity index (χ0) is 19.4. The van der Waals surface area contributed by atoms with E-state index in [2.05, 4.69) is 29.9 Å². The van der Waals surface area contributed by atoms with Crippen LogP contribution < -0.4 is 4.74 Å². The molecule has 3 aromatic rings. The molecule has 6 heteroatoms. The summed E-state index contributed by atoms with van der Waals surface area (Å²) in [6, 6.07) is 13.5. The summed E-state index contributed by atoms with van der Waals surface area (Å²) in [6.07, 6.45) is 0. The lowest BCUT2D eigenvalue weighted by Crippen LogP contribution is -1.96. The second-order valence-electron chi connectivity index (χ2n) is 6.50. The molecule has 0 saturated heterocycles. The monoisotopic (exact) mass is 386 g/mol. The fourth-order valence-electron chi connectivity index (χ4n) is 2.47. The summed E-state index contributed by atoms with van der Waals surface area (Å²) in [5, 5.41) is 0.523. The highest BCUT2D eigenvalue weighted by Gasteiger charge is 2.09. The lowest BCUT2D eigenvalue weighted by molar-refractivity contribution is 0.453. The van der Waals surface area contributed by atoms with Gasteiger partial charge in [0.2, 0.25) is 5.88 Å². The van der Waals surface area contributed by atoms with E-state index in [9.17, 15) is 8.78 Å². The standard InChI is InChI=1S/C21H20F2N2OS/c1-13(2)16-5-4-6-17(11-16)26-20-9-14(3)24-21(25-20)27-12-15-7-8-18(22)19(23)10-15/h4-11,13H,12H2,1-3H3. The topological polar surface area (TPSA) is 35.0 Å². The molecule has 0 aliphatic rings. The molecule has 0 spiro atoms. The molecule has 0 N–H and O–H groups in total. The minimum atomic E-state index is -0.854. The molecule has 0 bridgehead atoms. The van der Waals surface area contributed by atoms with Crippen molar-refractivity contribution < 1.29 is 13.5 Å². The average Bonchev–Trinajstić information content (AvgIpc) is 2.62. The SMILES string of the molecule is Cc1cc(Oc2cccc(C(C)C)c2)nc(SCc2ccc(F)c(F)c2)n1. The van der Waals surface area contributed by atoms with Gasteiger partial charge in [0.25, 0.3) is 0 Å². The number of nitrogens with zero attached hydrogens (tertiary/aromatic N) is 2. The first-order valence-electron chi connectivity index (χ1n) is 8.61. The van der Waals surface area contributed by atoms with Crippen LogP contribution in [0.4, 0.5) is 8.78 Å². The van der Waals surface area contributed by atoms with E-state index in [4.69, 9.17) is 4.74 Å². The zero-order valence-corrected chi connectivity index (χ0v) is 16.2. The maximum absolute atomic E-state index is 13.3. The molecule has 0 aliphatic carbocycles. The number of halogens is 2. The first kappa shape index (κ1) is 19.3. The van der Waals surface area contributed by atoms with Crippen LogP contribution in [0.5, 0.6) is 11.6 Å². The summed E-state index contributed by atoms with van der Waals surface area (Å²) >= 11 is 1.34. The molecule has 3 nitrogen and oxygen atoms in total. The maximum atomic E-state index is 13.3. The number of aromatic nitrogens is 2. The van der Waals surface area contributed by atoms with Crippen LogP contribution in [0.1, 0.15) is 36.6 Å². The molecule has 0 unspecified atom stereocenters. The van der Waals surface area contributed by atoms with E-state index in [1.807, 2.05) is 25.1 Å². The Kier molecular flexibility index (Phi) is 6.06. The second kappa shape index (κ2) is 8.48. The number of rotatable bonds is 6. The molecule has 0 amide bonds. The Hall–Kier alpha value is -2.47. The molecule has 1 aromatic heterocycles. The van der Waals surface area contributed by atoms with Crippen LogP contribution >= 0.6 is 11.8 Å². The van der Waals surface area contributed by atoms with Gasteiger partial charge in [0.1, 0.15) is 5.75 Å². The van der Waals surface area contributed by atoms with Crippen LogP contribution in [0.3, 0.4) is 0 Å². The Balaban J connectivity index is 1.74. The maximum Gasteiger partial charge on any atom is 0.223 e. The van der Waals surface area contributed by atoms with Crippen molar-refractivity contribution in [1.82, 2.24) is 9.97 Å². The predicted octanol–water partition coefficient (Wildman–Crippen LogP) is 6.27. The van der Waals surface area contributed by atoms with E-state index in [1.165, 1.54) is 23.4 Å². The van der Waals surface area contributed by atoms with Crippen LogP contribution in [0.2, 0.25) is 0 Å². The number of thioether (sulfide) groups is 1. The van der Waals surface area contributed by atoms with Crippen molar-refractivity contribution in [3.63, 3.8) is 0 Å². The summed E-state index contributed by atoms with van der Waals surface area (Å²) in [5.41, 5.74) is 2.62. The molecule has 0 atom stereocenters. The van der Waals surface area contributed by atoms with Gasteiger partial charge in [-0.25, -0.2) is 13.8 Å². The highest BCUT2D eigenvalue weighted by Crippen LogP contribution is 2.27. The van der Waals surface area contributed by atoms with Gasteiger partial charge < -0.3 is 4.74 Å². The van der Waals surface area contributed by atoms with E-state index < -0.39 is 11.6 Å². The summed E-state index contributed by atoms with van der Waals surface area (Å²) in [7, 11) is 0. The van der Waals surface area contributed by atoms with Crippen LogP contribution in [-0.2, 0) is 5.75 Å². The van der Waals surface area contributed by atoms with E-state index in [-0.39, 0.29) is 0 Å². The number of hydrogen-bond acceptors (Lipinski definition) is 4. The first-order valence-corrected chi connectivity index (χ1v) is 9.59. The first-order chi connectivity index (χ1) is 12.9. The Bertz CT molecular complexity index is 947. The van der Waals surface area contributed by atoms with Gasteiger partial charge >= 0.3 is 0 Å². The Morgan fingerprint density at radius 3 is 2.56 bits per heavy atom. The number of aryl methyl sites for hydroxylation is 1. The second-order valence-corrected chi connectivity index (χ2v) is 7.44. The number of hydrogen-bond donors (Lipinski definition) is 0. The molecule has 27 heavy (non-hydrogen) atoms. The van der Waals surface area contributed by atoms with Gasteiger partial charge in [0.05, 0.1) is 0 Å². The van der Waals surface area contributed by atoms with Gasteiger partial charge in [0.15, 0.2) is 16.8 Å². The smallest absolute Gasteiger partial charge is 0.223 e. The predicted molar refractivity (Wildman–Crippen MR) is 103 cm³/mol. The van der Waals surface area contributed by atoms with E-state index in [0.29, 0.717) is 28.3 Å². The van der Waals surface area contributed by atoms with Gasteiger partial charge in [-0.15, -0.1) is 0 Å². The fourth-order valence-corrected chi connectivity index (χ4v) is 3.30. The highest BCUT2D eigenvalue weighted by molar-refractivity contribution is 7.98. The van der Waals surface area contributed by atoms with E-state index >= 15 is 0 Å². The molecule has 0 radical (unpaired) electrons. The Labute approximate surface area is 161 Å². The molecular formula is C21H20F2N2OS. The Morgan fingerprint density at radius 1 is 1.00 bits per heavy atom. The highest BCUT2D eigenvalue weighted by atomic mass is 32.2. The third kappa shape index (κ3) is 5.26. The molecule has 0 fully saturated rings. The third-order valence-electron chi connectivity index (χ3n) is 3.91. The van der Waals surface area contributed by atoms with Gasteiger partial charge in [0, 0.05) is 17.5 Å². The van der Waals surface area contributed by atoms with E-state index in [0.717, 1.165) is 17.5 Å². The summed E-state index contributed by atoms with van der Waals surface area (Å²) in [6.45, 7) is 6.11. The minimum absolute atomic E-state index is 0.405. The van der Waals surface area contributed by atoms with Crippen LogP contribution in [-0.4, -0.2) is 9.97 Å². The summed E-state index contributed by atoms with van der Waals surface area (Å²) in [5.74, 6) is 0.306. The van der Waals surface area contributed by atoms with Crippen molar-refractivity contribution >= 4 is 11.8 Å². The zero-order valence-electron chi connectivity index (χ0n) is 15.4. The van der Waals surface area contributed by atoms with Crippen molar-refractivity contribution in [2.75, 3.05) is 0 Å².